The van der Waals surface area contributed by atoms with Crippen LogP contribution in [0.3, 0.4) is 0 Å². The van der Waals surface area contributed by atoms with Gasteiger partial charge in [0.05, 0.1) is 31.8 Å². The van der Waals surface area contributed by atoms with Crippen molar-refractivity contribution < 1.29 is 28.6 Å². The van der Waals surface area contributed by atoms with Crippen LogP contribution in [0.25, 0.3) is 10.4 Å². The van der Waals surface area contributed by atoms with Gasteiger partial charge < -0.3 is 41.3 Å². The van der Waals surface area contributed by atoms with Gasteiger partial charge >= 0.3 is 6.09 Å². The highest BCUT2D eigenvalue weighted by atomic mass is 35.5. The van der Waals surface area contributed by atoms with Crippen molar-refractivity contribution in [2.45, 2.75) is 71.4 Å². The summed E-state index contributed by atoms with van der Waals surface area (Å²) >= 11 is 0. The van der Waals surface area contributed by atoms with Crippen LogP contribution in [0.15, 0.2) is 72.2 Å². The van der Waals surface area contributed by atoms with E-state index in [-0.39, 0.29) is 43.3 Å². The van der Waals surface area contributed by atoms with Gasteiger partial charge in [0, 0.05) is 40.8 Å². The van der Waals surface area contributed by atoms with Crippen LogP contribution in [-0.2, 0) is 40.1 Å². The molecule has 0 atom stereocenters. The number of aryl methyl sites for hydroxylation is 3. The third-order valence-corrected chi connectivity index (χ3v) is 7.57. The second-order valence-corrected chi connectivity index (χ2v) is 13.5. The van der Waals surface area contributed by atoms with Gasteiger partial charge in [0.15, 0.2) is 5.95 Å². The number of nitrogens with two attached hydrogens (primary N) is 2. The number of aromatic amines is 1. The zero-order valence-corrected chi connectivity index (χ0v) is 34.9. The number of methoxy groups -OCH3 is 2. The summed E-state index contributed by atoms with van der Waals surface area (Å²) in [5.74, 6) is 4.05. The van der Waals surface area contributed by atoms with Crippen molar-refractivity contribution in [3.8, 4) is 23.8 Å². The Bertz CT molecular complexity index is 2180. The quantitative estimate of drug-likeness (QED) is 0.0268. The van der Waals surface area contributed by atoms with Crippen molar-refractivity contribution in [1.29, 1.82) is 0 Å². The van der Waals surface area contributed by atoms with Crippen LogP contribution in [0.4, 0.5) is 28.1 Å². The molecule has 0 unspecified atom stereocenters. The molecule has 0 aliphatic heterocycles. The molecule has 60 heavy (non-hydrogen) atoms. The number of aromatic nitrogens is 7. The Kier molecular flexibility index (Phi) is 20.5. The fourth-order valence-electron chi connectivity index (χ4n) is 4.88. The van der Waals surface area contributed by atoms with Crippen LogP contribution >= 0.6 is 12.4 Å². The fraction of sp³-hybridized carbons (Fsp3) is 0.359. The van der Waals surface area contributed by atoms with Gasteiger partial charge in [-0.15, -0.1) is 29.8 Å². The molecule has 2 amide bonds. The SMILES string of the molecule is C#CCCCc1cn(C(=O)OC(C)(C)C)c(N)n1.COc1ccc(NC(=O)CN=[N+]=[N-])cc1.COc1ccc(NC(=O)Cn2cc(CCCc3cnc(N)[nH]3)nn2)cc1.Cl. The number of nitrogens with one attached hydrogen (secondary N) is 3. The number of hydrogen-bond acceptors (Lipinski definition) is 13. The van der Waals surface area contributed by atoms with E-state index in [0.29, 0.717) is 35.9 Å². The number of unbranched alkanes of at least 4 members (excludes halogenated alkanes) is 1. The van der Waals surface area contributed by atoms with E-state index >= 15 is 0 Å². The maximum Gasteiger partial charge on any atom is 0.421 e. The molecule has 0 saturated heterocycles. The van der Waals surface area contributed by atoms with Gasteiger partial charge in [-0.3, -0.25) is 9.59 Å². The molecule has 21 heteroatoms. The molecule has 5 rings (SSSR count). The number of nitrogen functional groups attached to an aromatic ring is 2. The van der Waals surface area contributed by atoms with Crippen LogP contribution < -0.4 is 31.6 Å². The number of terminal acetylenes is 1. The minimum atomic E-state index is -0.558. The lowest BCUT2D eigenvalue weighted by molar-refractivity contribution is -0.117. The molecule has 320 valence electrons. The van der Waals surface area contributed by atoms with Crippen molar-refractivity contribution >= 4 is 53.6 Å². The second kappa shape index (κ2) is 25.2. The largest absolute Gasteiger partial charge is 0.497 e. The van der Waals surface area contributed by atoms with E-state index < -0.39 is 11.7 Å². The predicted molar refractivity (Wildman–Crippen MR) is 230 cm³/mol. The van der Waals surface area contributed by atoms with E-state index in [0.717, 1.165) is 48.5 Å². The third-order valence-electron chi connectivity index (χ3n) is 7.57. The normalized spacial score (nSPS) is 10.1. The first kappa shape index (κ1) is 48.9. The van der Waals surface area contributed by atoms with Gasteiger partial charge in [0.2, 0.25) is 17.8 Å². The van der Waals surface area contributed by atoms with E-state index in [1.807, 2.05) is 0 Å². The molecular weight excluding hydrogens is 796 g/mol. The van der Waals surface area contributed by atoms with Gasteiger partial charge in [-0.1, -0.05) is 10.3 Å². The Hall–Kier alpha value is -7.23. The molecule has 2 aromatic carbocycles. The molecule has 0 radical (unpaired) electrons. The summed E-state index contributed by atoms with van der Waals surface area (Å²) in [6.07, 6.45) is 14.4. The van der Waals surface area contributed by atoms with Crippen molar-refractivity contribution in [3.63, 3.8) is 0 Å². The maximum atomic E-state index is 12.1. The molecule has 7 N–H and O–H groups in total. The zero-order valence-electron chi connectivity index (χ0n) is 34.1. The first-order chi connectivity index (χ1) is 28.2. The highest BCUT2D eigenvalue weighted by molar-refractivity contribution is 5.92. The summed E-state index contributed by atoms with van der Waals surface area (Å²) in [7, 11) is 3.16. The van der Waals surface area contributed by atoms with E-state index in [9.17, 15) is 14.4 Å². The molecule has 0 saturated carbocycles. The van der Waals surface area contributed by atoms with Gasteiger partial charge in [-0.05, 0) is 107 Å². The minimum Gasteiger partial charge on any atom is -0.497 e. The Balaban J connectivity index is 0.000000322. The highest BCUT2D eigenvalue weighted by Gasteiger charge is 2.20. The summed E-state index contributed by atoms with van der Waals surface area (Å²) in [6.45, 7) is 5.29. The molecule has 0 aliphatic carbocycles. The predicted octanol–water partition coefficient (Wildman–Crippen LogP) is 5.98. The van der Waals surface area contributed by atoms with Crippen molar-refractivity contribution in [2.75, 3.05) is 42.9 Å². The van der Waals surface area contributed by atoms with Gasteiger partial charge in [-0.2, -0.15) is 0 Å². The highest BCUT2D eigenvalue weighted by Crippen LogP contribution is 2.17. The van der Waals surface area contributed by atoms with Crippen LogP contribution in [0.5, 0.6) is 11.5 Å². The van der Waals surface area contributed by atoms with E-state index in [1.54, 1.807) is 102 Å². The monoisotopic (exact) mass is 846 g/mol. The Morgan fingerprint density at radius 3 is 2.05 bits per heavy atom. The van der Waals surface area contributed by atoms with Gasteiger partial charge in [0.25, 0.3) is 0 Å². The third kappa shape index (κ3) is 18.4. The molecule has 0 aliphatic rings. The average molecular weight is 847 g/mol. The minimum absolute atomic E-state index is 0. The maximum absolute atomic E-state index is 12.1. The van der Waals surface area contributed by atoms with E-state index in [2.05, 4.69) is 51.8 Å². The summed E-state index contributed by atoms with van der Waals surface area (Å²) in [5, 5.41) is 16.6. The smallest absolute Gasteiger partial charge is 0.421 e. The lowest BCUT2D eigenvalue weighted by Crippen LogP contribution is -2.27. The molecule has 3 aromatic heterocycles. The Morgan fingerprint density at radius 1 is 0.917 bits per heavy atom. The molecule has 0 fully saturated rings. The first-order valence-electron chi connectivity index (χ1n) is 18.3. The van der Waals surface area contributed by atoms with Gasteiger partial charge in [0.1, 0.15) is 30.2 Å². The van der Waals surface area contributed by atoms with Crippen molar-refractivity contribution in [3.05, 3.63) is 94.6 Å². The van der Waals surface area contributed by atoms with Crippen LogP contribution in [0.1, 0.15) is 57.1 Å². The molecular formula is C39H51ClN14O6. The number of carbonyl (C=O) groups is 3. The Labute approximate surface area is 353 Å². The van der Waals surface area contributed by atoms with Crippen LogP contribution in [-0.4, -0.2) is 78.8 Å². The van der Waals surface area contributed by atoms with Crippen molar-refractivity contribution in [1.82, 2.24) is 34.5 Å². The summed E-state index contributed by atoms with van der Waals surface area (Å²) in [4.78, 5) is 48.6. The van der Waals surface area contributed by atoms with Crippen LogP contribution in [0, 0.1) is 12.3 Å². The number of nitrogens with zero attached hydrogens (tertiary/aromatic N) is 9. The topological polar surface area (TPSA) is 281 Å². The lowest BCUT2D eigenvalue weighted by atomic mass is 10.2. The molecule has 0 spiro atoms. The lowest BCUT2D eigenvalue weighted by Gasteiger charge is -2.19. The zero-order chi connectivity index (χ0) is 43.2. The number of benzene rings is 2. The summed E-state index contributed by atoms with van der Waals surface area (Å²) < 4.78 is 18.0. The van der Waals surface area contributed by atoms with Crippen LogP contribution in [0.2, 0.25) is 0 Å². The first-order valence-corrected chi connectivity index (χ1v) is 18.3. The van der Waals surface area contributed by atoms with E-state index in [4.69, 9.17) is 37.6 Å². The standard InChI is InChI=1S/C17H21N7O2.C13H19N3O2.C9H10N4O2.ClH/c1-26-15-7-5-12(6-8-15)20-16(25)11-24-10-14(22-23-24)4-2-3-13-9-19-17(18)21-13;1-5-6-7-8-10-9-16(11(14)15-10)12(17)18-13(2,3)4;1-15-8-4-2-7(3-5-8)12-9(14)6-11-13-10;/h5-10H,2-4,11H2,1H3,(H,20,25)(H3,18,19,21);1,9H,6-8H2,2-4H3,(H2,14,15);2-5H,6H2,1H3,(H,12,14);1H. The molecule has 20 nitrogen and oxygen atoms in total. The molecule has 3 heterocycles. The number of azide groups is 1. The molecule has 0 bridgehead atoms. The second-order valence-electron chi connectivity index (χ2n) is 13.5. The van der Waals surface area contributed by atoms with Crippen molar-refractivity contribution in [2.24, 2.45) is 5.11 Å². The van der Waals surface area contributed by atoms with E-state index in [1.165, 1.54) is 9.25 Å². The Morgan fingerprint density at radius 2 is 1.52 bits per heavy atom. The fourth-order valence-corrected chi connectivity index (χ4v) is 4.88. The summed E-state index contributed by atoms with van der Waals surface area (Å²) in [5.41, 5.74) is 22.6. The number of hydrogen-bond donors (Lipinski definition) is 5. The average Bonchev–Trinajstić information content (AvgIpc) is 3.94. The number of rotatable bonds is 15. The molecule has 5 aromatic rings. The number of amides is 2. The van der Waals surface area contributed by atoms with Gasteiger partial charge in [-0.25, -0.2) is 24.0 Å². The number of imidazole rings is 2. The number of carbonyl (C=O) groups excluding carboxylic acids is 3. The number of H-pyrrole nitrogens is 1. The summed E-state index contributed by atoms with van der Waals surface area (Å²) in [6, 6.07) is 14.0. The number of ether oxygens (including phenoxy) is 3. The number of halogens is 1. The number of anilines is 4.